The van der Waals surface area contributed by atoms with Crippen molar-refractivity contribution < 1.29 is 0 Å². The van der Waals surface area contributed by atoms with Gasteiger partial charge in [-0.3, -0.25) is 0 Å². The Morgan fingerprint density at radius 1 is 0.333 bits per heavy atom. The lowest BCUT2D eigenvalue weighted by Gasteiger charge is -2.22. The van der Waals surface area contributed by atoms with E-state index < -0.39 is 0 Å². The van der Waals surface area contributed by atoms with E-state index in [1.165, 1.54) is 60.1 Å². The lowest BCUT2D eigenvalue weighted by Crippen LogP contribution is -2.14. The maximum Gasteiger partial charge on any atom is 0.160 e. The third kappa shape index (κ3) is 4.71. The minimum atomic E-state index is -0.0565. The molecule has 0 amide bonds. The van der Waals surface area contributed by atoms with Crippen LogP contribution in [0.1, 0.15) is 25.0 Å². The molecular weight excluding hydrogens is 617 g/mol. The van der Waals surface area contributed by atoms with Crippen LogP contribution in [0.15, 0.2) is 170 Å². The Hall–Kier alpha value is -6.38. The van der Waals surface area contributed by atoms with Gasteiger partial charge in [-0.05, 0) is 90.0 Å². The normalized spacial score (nSPS) is 13.1. The van der Waals surface area contributed by atoms with Crippen molar-refractivity contribution in [2.45, 2.75) is 19.3 Å². The first-order valence-corrected chi connectivity index (χ1v) is 17.7. The van der Waals surface area contributed by atoms with E-state index in [4.69, 9.17) is 9.97 Å². The van der Waals surface area contributed by atoms with Gasteiger partial charge in [0.15, 0.2) is 5.82 Å². The number of rotatable bonds is 4. The Kier molecular flexibility index (Phi) is 6.56. The van der Waals surface area contributed by atoms with E-state index in [9.17, 15) is 0 Å². The smallest absolute Gasteiger partial charge is 0.160 e. The van der Waals surface area contributed by atoms with Crippen LogP contribution in [0.25, 0.3) is 88.5 Å². The molecule has 0 N–H and O–H groups in total. The fourth-order valence-electron chi connectivity index (χ4n) is 8.27. The van der Waals surface area contributed by atoms with Gasteiger partial charge < -0.3 is 0 Å². The van der Waals surface area contributed by atoms with Crippen LogP contribution >= 0.6 is 0 Å². The molecule has 1 heterocycles. The number of aromatic nitrogens is 2. The van der Waals surface area contributed by atoms with Crippen molar-refractivity contribution in [3.8, 4) is 56.2 Å². The van der Waals surface area contributed by atoms with Crippen LogP contribution in [-0.4, -0.2) is 9.97 Å². The van der Waals surface area contributed by atoms with E-state index in [1.807, 2.05) is 6.07 Å². The molecule has 0 saturated carbocycles. The van der Waals surface area contributed by atoms with E-state index in [2.05, 4.69) is 178 Å². The molecule has 0 fully saturated rings. The van der Waals surface area contributed by atoms with E-state index in [1.54, 1.807) is 0 Å². The zero-order valence-corrected chi connectivity index (χ0v) is 28.6. The van der Waals surface area contributed by atoms with Crippen molar-refractivity contribution in [2.24, 2.45) is 0 Å². The maximum absolute atomic E-state index is 5.28. The topological polar surface area (TPSA) is 25.8 Å². The first-order chi connectivity index (χ1) is 25.0. The highest BCUT2D eigenvalue weighted by Gasteiger charge is 2.35. The minimum Gasteiger partial charge on any atom is -0.228 e. The van der Waals surface area contributed by atoms with Crippen LogP contribution < -0.4 is 0 Å². The molecule has 240 valence electrons. The molecule has 2 heteroatoms. The lowest BCUT2D eigenvalue weighted by atomic mass is 9.81. The van der Waals surface area contributed by atoms with Crippen molar-refractivity contribution in [3.05, 3.63) is 181 Å². The second-order valence-electron chi connectivity index (χ2n) is 14.2. The summed E-state index contributed by atoms with van der Waals surface area (Å²) in [5, 5.41) is 7.54. The summed E-state index contributed by atoms with van der Waals surface area (Å²) in [6.45, 7) is 4.67. The van der Waals surface area contributed by atoms with Gasteiger partial charge >= 0.3 is 0 Å². The second-order valence-corrected chi connectivity index (χ2v) is 14.2. The fraction of sp³-hybridized carbons (Fsp3) is 0.0612. The summed E-state index contributed by atoms with van der Waals surface area (Å²) in [4.78, 5) is 10.5. The summed E-state index contributed by atoms with van der Waals surface area (Å²) in [6.07, 6.45) is 0. The highest BCUT2D eigenvalue weighted by atomic mass is 14.9. The van der Waals surface area contributed by atoms with E-state index in [0.717, 1.165) is 33.6 Å². The van der Waals surface area contributed by atoms with Crippen LogP contribution in [0.3, 0.4) is 0 Å². The molecule has 0 aliphatic heterocycles. The molecule has 0 bridgehead atoms. The molecule has 51 heavy (non-hydrogen) atoms. The van der Waals surface area contributed by atoms with E-state index in [-0.39, 0.29) is 5.41 Å². The summed E-state index contributed by atoms with van der Waals surface area (Å²) in [5.74, 6) is 0.713. The Morgan fingerprint density at radius 2 is 0.863 bits per heavy atom. The molecule has 0 radical (unpaired) electrons. The van der Waals surface area contributed by atoms with Gasteiger partial charge in [0.1, 0.15) is 0 Å². The first kappa shape index (κ1) is 29.5. The van der Waals surface area contributed by atoms with Crippen molar-refractivity contribution in [1.29, 1.82) is 0 Å². The van der Waals surface area contributed by atoms with Crippen LogP contribution in [0, 0.1) is 0 Å². The summed E-state index contributed by atoms with van der Waals surface area (Å²) >= 11 is 0. The highest BCUT2D eigenvalue weighted by Crippen LogP contribution is 2.49. The molecule has 9 aromatic rings. The minimum absolute atomic E-state index is 0.0565. The van der Waals surface area contributed by atoms with E-state index in [0.29, 0.717) is 5.82 Å². The summed E-state index contributed by atoms with van der Waals surface area (Å²) < 4.78 is 0. The molecule has 0 atom stereocenters. The monoisotopic (exact) mass is 650 g/mol. The van der Waals surface area contributed by atoms with Gasteiger partial charge in [0.2, 0.25) is 0 Å². The fourth-order valence-corrected chi connectivity index (χ4v) is 8.27. The number of hydrogen-bond acceptors (Lipinski definition) is 2. The zero-order chi connectivity index (χ0) is 34.1. The molecule has 0 spiro atoms. The zero-order valence-electron chi connectivity index (χ0n) is 28.6. The molecule has 1 aliphatic rings. The third-order valence-electron chi connectivity index (χ3n) is 10.9. The van der Waals surface area contributed by atoms with Crippen molar-refractivity contribution >= 4 is 32.3 Å². The van der Waals surface area contributed by atoms with Crippen LogP contribution in [0.5, 0.6) is 0 Å². The number of hydrogen-bond donors (Lipinski definition) is 0. The predicted octanol–water partition coefficient (Wildman–Crippen LogP) is 12.9. The predicted molar refractivity (Wildman–Crippen MR) is 214 cm³/mol. The molecule has 2 nitrogen and oxygen atoms in total. The van der Waals surface area contributed by atoms with Crippen molar-refractivity contribution in [2.75, 3.05) is 0 Å². The summed E-state index contributed by atoms with van der Waals surface area (Å²) in [5.41, 5.74) is 12.7. The van der Waals surface area contributed by atoms with Gasteiger partial charge in [-0.2, -0.15) is 0 Å². The van der Waals surface area contributed by atoms with Gasteiger partial charge in [-0.25, -0.2) is 9.97 Å². The molecule has 1 aliphatic carbocycles. The Labute approximate surface area is 297 Å². The molecular formula is C49H34N2. The maximum atomic E-state index is 5.28. The van der Waals surface area contributed by atoms with Gasteiger partial charge in [-0.15, -0.1) is 0 Å². The molecule has 0 saturated heterocycles. The average molecular weight is 651 g/mol. The Bertz CT molecular complexity index is 2790. The van der Waals surface area contributed by atoms with Gasteiger partial charge in [0.25, 0.3) is 0 Å². The van der Waals surface area contributed by atoms with E-state index >= 15 is 0 Å². The third-order valence-corrected chi connectivity index (χ3v) is 10.9. The lowest BCUT2D eigenvalue weighted by molar-refractivity contribution is 0.660. The number of fused-ring (bicyclic) bond motifs is 9. The Balaban J connectivity index is 1.13. The first-order valence-electron chi connectivity index (χ1n) is 17.7. The number of nitrogens with zero attached hydrogens (tertiary/aromatic N) is 2. The standard InChI is InChI=1S/C49H34N2/c1-49(2)44-22-11-10-21-41(44)42-26-23-33(29-45(42)49)32-15-12-16-35(27-32)48-50-46(31-13-4-3-5-14-31)30-47(51-48)34-24-25-40-38-19-7-6-17-36(38)37-18-8-9-20-39(37)43(40)28-34/h3-30H,1-2H3. The molecule has 8 aromatic carbocycles. The van der Waals surface area contributed by atoms with Crippen molar-refractivity contribution in [1.82, 2.24) is 9.97 Å². The number of benzene rings is 8. The summed E-state index contributed by atoms with van der Waals surface area (Å²) in [6, 6.07) is 61.2. The molecule has 0 unspecified atom stereocenters. The average Bonchev–Trinajstić information content (AvgIpc) is 3.43. The molecule has 10 rings (SSSR count). The van der Waals surface area contributed by atoms with Crippen molar-refractivity contribution in [3.63, 3.8) is 0 Å². The van der Waals surface area contributed by atoms with Gasteiger partial charge in [0.05, 0.1) is 11.4 Å². The SMILES string of the molecule is CC1(C)c2ccccc2-c2ccc(-c3cccc(-c4nc(-c5ccccc5)cc(-c5ccc6c7ccccc7c7ccccc7c6c5)n4)c3)cc21. The quantitative estimate of drug-likeness (QED) is 0.177. The highest BCUT2D eigenvalue weighted by molar-refractivity contribution is 6.25. The van der Waals surface area contributed by atoms with Crippen LogP contribution in [0.4, 0.5) is 0 Å². The second kappa shape index (κ2) is 11.3. The van der Waals surface area contributed by atoms with Crippen LogP contribution in [0.2, 0.25) is 0 Å². The van der Waals surface area contributed by atoms with Gasteiger partial charge in [-0.1, -0.05) is 159 Å². The summed E-state index contributed by atoms with van der Waals surface area (Å²) in [7, 11) is 0. The largest absolute Gasteiger partial charge is 0.228 e. The Morgan fingerprint density at radius 3 is 1.61 bits per heavy atom. The van der Waals surface area contributed by atoms with Crippen LogP contribution in [-0.2, 0) is 5.41 Å². The van der Waals surface area contributed by atoms with Gasteiger partial charge in [0, 0.05) is 22.1 Å². The molecule has 1 aromatic heterocycles.